The number of halogens is 2. The van der Waals surface area contributed by atoms with Crippen LogP contribution >= 0.6 is 15.9 Å². The number of aromatic nitrogens is 4. The number of para-hydroxylation sites is 1. The average molecular weight is 723 g/mol. The lowest BCUT2D eigenvalue weighted by Crippen LogP contribution is -2.44. The van der Waals surface area contributed by atoms with E-state index in [0.29, 0.717) is 34.8 Å². The van der Waals surface area contributed by atoms with Gasteiger partial charge in [-0.2, -0.15) is 0 Å². The number of rotatable bonds is 13. The zero-order valence-corrected chi connectivity index (χ0v) is 29.6. The third-order valence-corrected chi connectivity index (χ3v) is 11.8. The number of hydrogen-bond acceptors (Lipinski definition) is 9. The highest BCUT2D eigenvalue weighted by Gasteiger charge is 2.40. The molecule has 2 heterocycles. The van der Waals surface area contributed by atoms with Gasteiger partial charge in [0.15, 0.2) is 5.82 Å². The first-order valence-electron chi connectivity index (χ1n) is 14.1. The zero-order chi connectivity index (χ0) is 33.1. The SMILES string of the molecule is COc1cccc(-c2nnc(N(CC[Si](C)(C)C)S(=O)(=O)[C@@H](C)[C@H](O)c3ccc(F)cc3Br)n2-c2c(OC)cccc2OC)n1. The summed E-state index contributed by atoms with van der Waals surface area (Å²) in [5.74, 6) is 0.682. The normalized spacial score (nSPS) is 13.3. The molecule has 0 bridgehead atoms. The van der Waals surface area contributed by atoms with E-state index in [0.717, 1.165) is 0 Å². The Morgan fingerprint density at radius 3 is 2.22 bits per heavy atom. The van der Waals surface area contributed by atoms with Gasteiger partial charge < -0.3 is 19.3 Å². The van der Waals surface area contributed by atoms with E-state index in [1.165, 1.54) is 55.3 Å². The van der Waals surface area contributed by atoms with Gasteiger partial charge >= 0.3 is 0 Å². The molecule has 11 nitrogen and oxygen atoms in total. The molecule has 0 amide bonds. The van der Waals surface area contributed by atoms with Gasteiger partial charge in [-0.1, -0.05) is 53.8 Å². The molecule has 15 heteroatoms. The van der Waals surface area contributed by atoms with Crippen molar-refractivity contribution in [2.75, 3.05) is 32.2 Å². The summed E-state index contributed by atoms with van der Waals surface area (Å²) in [5.41, 5.74) is 0.934. The minimum Gasteiger partial charge on any atom is -0.494 e. The number of nitrogens with zero attached hydrogens (tertiary/aromatic N) is 5. The standard InChI is InChI=1S/C30H37BrFN5O6SSi/c1-19(28(38)21-15-14-20(32)18-22(21)31)44(39,40)36(16-17-45(5,6)7)30-35-34-29(23-10-8-13-26(33-23)43-4)37(30)27-24(41-2)11-9-12-25(27)42-3/h8-15,18-19,28,38H,16-17H2,1-7H3/t19-,28-/m0/s1. The Labute approximate surface area is 272 Å². The average Bonchev–Trinajstić information content (AvgIpc) is 3.43. The first kappa shape index (κ1) is 34.3. The molecule has 2 atom stereocenters. The molecule has 2 aromatic carbocycles. The third kappa shape index (κ3) is 7.32. The molecule has 4 rings (SSSR count). The molecule has 0 aliphatic rings. The second-order valence-corrected chi connectivity index (χ2v) is 20.2. The third-order valence-electron chi connectivity index (χ3n) is 7.22. The van der Waals surface area contributed by atoms with E-state index < -0.39 is 35.3 Å². The van der Waals surface area contributed by atoms with Crippen LogP contribution in [0.5, 0.6) is 17.4 Å². The lowest BCUT2D eigenvalue weighted by molar-refractivity contribution is 0.175. The number of anilines is 1. The first-order chi connectivity index (χ1) is 21.2. The van der Waals surface area contributed by atoms with E-state index in [4.69, 9.17) is 14.2 Å². The fourth-order valence-corrected chi connectivity index (χ4v) is 7.86. The van der Waals surface area contributed by atoms with Crippen LogP contribution in [-0.4, -0.2) is 74.5 Å². The summed E-state index contributed by atoms with van der Waals surface area (Å²) in [6.07, 6.45) is -1.50. The number of sulfonamides is 1. The molecule has 0 radical (unpaired) electrons. The van der Waals surface area contributed by atoms with Crippen LogP contribution in [0.4, 0.5) is 10.3 Å². The summed E-state index contributed by atoms with van der Waals surface area (Å²) in [6, 6.07) is 14.6. The molecule has 0 aliphatic heterocycles. The minimum absolute atomic E-state index is 0.0482. The predicted octanol–water partition coefficient (Wildman–Crippen LogP) is 5.85. The highest BCUT2D eigenvalue weighted by Crippen LogP contribution is 2.40. The Balaban J connectivity index is 2.00. The monoisotopic (exact) mass is 721 g/mol. The van der Waals surface area contributed by atoms with Gasteiger partial charge in [-0.25, -0.2) is 22.1 Å². The van der Waals surface area contributed by atoms with E-state index in [-0.39, 0.29) is 28.4 Å². The summed E-state index contributed by atoms with van der Waals surface area (Å²) in [6.45, 7) is 7.86. The summed E-state index contributed by atoms with van der Waals surface area (Å²) in [4.78, 5) is 4.53. The van der Waals surface area contributed by atoms with Crippen LogP contribution in [0, 0.1) is 5.82 Å². The summed E-state index contributed by atoms with van der Waals surface area (Å²) < 4.78 is 62.7. The second kappa shape index (κ2) is 13.8. The van der Waals surface area contributed by atoms with Crippen molar-refractivity contribution in [2.45, 2.75) is 44.0 Å². The molecule has 45 heavy (non-hydrogen) atoms. The highest BCUT2D eigenvalue weighted by atomic mass is 79.9. The molecular formula is C30H37BrFN5O6SSi. The fourth-order valence-electron chi connectivity index (χ4n) is 4.65. The van der Waals surface area contributed by atoms with E-state index in [9.17, 15) is 17.9 Å². The van der Waals surface area contributed by atoms with E-state index in [1.807, 2.05) is 0 Å². The molecule has 0 unspecified atom stereocenters. The number of aliphatic hydroxyl groups is 1. The van der Waals surface area contributed by atoms with E-state index in [2.05, 4.69) is 50.8 Å². The molecule has 0 aliphatic carbocycles. The molecule has 1 N–H and O–H groups in total. The van der Waals surface area contributed by atoms with Crippen molar-refractivity contribution >= 4 is 40.0 Å². The van der Waals surface area contributed by atoms with Crippen LogP contribution in [0.2, 0.25) is 25.7 Å². The maximum absolute atomic E-state index is 14.6. The van der Waals surface area contributed by atoms with Crippen molar-refractivity contribution < 1.29 is 32.1 Å². The maximum atomic E-state index is 14.6. The van der Waals surface area contributed by atoms with Gasteiger partial charge in [-0.15, -0.1) is 10.2 Å². The van der Waals surface area contributed by atoms with Crippen LogP contribution < -0.4 is 18.5 Å². The number of hydrogen-bond donors (Lipinski definition) is 1. The van der Waals surface area contributed by atoms with Crippen LogP contribution in [0.3, 0.4) is 0 Å². The molecule has 242 valence electrons. The van der Waals surface area contributed by atoms with Gasteiger partial charge in [-0.3, -0.25) is 4.57 Å². The topological polar surface area (TPSA) is 129 Å². The van der Waals surface area contributed by atoms with Crippen LogP contribution in [0.15, 0.2) is 59.1 Å². The number of aliphatic hydroxyl groups excluding tert-OH is 1. The Bertz CT molecular complexity index is 1750. The molecule has 0 saturated heterocycles. The molecule has 2 aromatic heterocycles. The van der Waals surface area contributed by atoms with E-state index in [1.54, 1.807) is 36.4 Å². The van der Waals surface area contributed by atoms with Crippen molar-refractivity contribution in [3.63, 3.8) is 0 Å². The number of ether oxygens (including phenoxy) is 3. The molecule has 4 aromatic rings. The fraction of sp³-hybridized carbons (Fsp3) is 0.367. The Morgan fingerprint density at radius 2 is 1.64 bits per heavy atom. The number of methoxy groups -OCH3 is 3. The molecule has 0 spiro atoms. The highest BCUT2D eigenvalue weighted by molar-refractivity contribution is 9.10. The van der Waals surface area contributed by atoms with E-state index >= 15 is 0 Å². The van der Waals surface area contributed by atoms with Gasteiger partial charge in [0.25, 0.3) is 0 Å². The van der Waals surface area contributed by atoms with Gasteiger partial charge in [0.1, 0.15) is 33.9 Å². The van der Waals surface area contributed by atoms with Gasteiger partial charge in [0.05, 0.1) is 27.4 Å². The van der Waals surface area contributed by atoms with Gasteiger partial charge in [0, 0.05) is 25.2 Å². The molecule has 0 saturated carbocycles. The van der Waals surface area contributed by atoms with Crippen LogP contribution in [-0.2, 0) is 10.0 Å². The van der Waals surface area contributed by atoms with Crippen molar-refractivity contribution in [1.82, 2.24) is 19.7 Å². The second-order valence-electron chi connectivity index (χ2n) is 11.5. The van der Waals surface area contributed by atoms with Crippen LogP contribution in [0.1, 0.15) is 18.6 Å². The number of pyridine rings is 1. The van der Waals surface area contributed by atoms with Gasteiger partial charge in [-0.05, 0) is 48.9 Å². The number of benzene rings is 2. The van der Waals surface area contributed by atoms with Gasteiger partial charge in [0.2, 0.25) is 21.9 Å². The quantitative estimate of drug-likeness (QED) is 0.169. The summed E-state index contributed by atoms with van der Waals surface area (Å²) >= 11 is 3.26. The molecule has 0 fully saturated rings. The Morgan fingerprint density at radius 1 is 1.00 bits per heavy atom. The van der Waals surface area contributed by atoms with Crippen LogP contribution in [0.25, 0.3) is 17.2 Å². The zero-order valence-electron chi connectivity index (χ0n) is 26.2. The largest absolute Gasteiger partial charge is 0.494 e. The minimum atomic E-state index is -4.36. The summed E-state index contributed by atoms with van der Waals surface area (Å²) in [7, 11) is -1.72. The van der Waals surface area contributed by atoms with Crippen molar-refractivity contribution in [1.29, 1.82) is 0 Å². The van der Waals surface area contributed by atoms with Crippen molar-refractivity contribution in [3.8, 4) is 34.6 Å². The predicted molar refractivity (Wildman–Crippen MR) is 177 cm³/mol. The molecular weight excluding hydrogens is 685 g/mol. The van der Waals surface area contributed by atoms with Crippen molar-refractivity contribution in [3.05, 3.63) is 70.5 Å². The van der Waals surface area contributed by atoms with Crippen molar-refractivity contribution in [2.24, 2.45) is 0 Å². The lowest BCUT2D eigenvalue weighted by Gasteiger charge is -2.31. The summed E-state index contributed by atoms with van der Waals surface area (Å²) in [5, 5.41) is 18.8. The Kier molecular flexibility index (Phi) is 10.6. The smallest absolute Gasteiger partial charge is 0.246 e. The Hall–Kier alpha value is -3.53. The first-order valence-corrected chi connectivity index (χ1v) is 20.1. The maximum Gasteiger partial charge on any atom is 0.246 e. The lowest BCUT2D eigenvalue weighted by atomic mass is 10.1.